The van der Waals surface area contributed by atoms with Crippen molar-refractivity contribution in [1.29, 1.82) is 0 Å². The average molecular weight is 214 g/mol. The molecule has 84 valence electrons. The molecule has 0 amide bonds. The quantitative estimate of drug-likeness (QED) is 0.749. The molecular weight excluding hydrogens is 196 g/mol. The second kappa shape index (κ2) is 3.63. The second-order valence-corrected chi connectivity index (χ2v) is 4.86. The topological polar surface area (TPSA) is 27.8 Å². The average Bonchev–Trinajstić information content (AvgIpc) is 2.86. The molecule has 1 unspecified atom stereocenters. The molecule has 2 aromatic rings. The van der Waals surface area contributed by atoms with E-state index in [1.54, 1.807) is 0 Å². The fraction of sp³-hybridized carbons (Fsp3) is 0.429. The van der Waals surface area contributed by atoms with Crippen molar-refractivity contribution in [2.75, 3.05) is 6.54 Å². The number of aromatic nitrogens is 1. The minimum atomic E-state index is 0.535. The monoisotopic (exact) mass is 214 g/mol. The zero-order valence-corrected chi connectivity index (χ0v) is 9.93. The molecule has 16 heavy (non-hydrogen) atoms. The fourth-order valence-corrected chi connectivity index (χ4v) is 2.75. The van der Waals surface area contributed by atoms with Crippen LogP contribution in [0.5, 0.6) is 0 Å². The van der Waals surface area contributed by atoms with Gasteiger partial charge in [0.2, 0.25) is 0 Å². The van der Waals surface area contributed by atoms with E-state index in [2.05, 4.69) is 42.3 Å². The fourth-order valence-electron chi connectivity index (χ4n) is 2.75. The Balaban J connectivity index is 2.14. The zero-order chi connectivity index (χ0) is 11.1. The molecule has 0 spiro atoms. The van der Waals surface area contributed by atoms with Gasteiger partial charge in [0.1, 0.15) is 0 Å². The molecule has 1 aromatic carbocycles. The lowest BCUT2D eigenvalue weighted by Crippen LogP contribution is -2.13. The van der Waals surface area contributed by atoms with Gasteiger partial charge in [0, 0.05) is 22.6 Å². The molecule has 2 nitrogen and oxygen atoms in total. The van der Waals surface area contributed by atoms with E-state index in [4.69, 9.17) is 0 Å². The molecule has 1 fully saturated rings. The lowest BCUT2D eigenvalue weighted by molar-refractivity contribution is 0.629. The van der Waals surface area contributed by atoms with Gasteiger partial charge in [-0.3, -0.25) is 0 Å². The third-order valence-electron chi connectivity index (χ3n) is 3.66. The highest BCUT2D eigenvalue weighted by Crippen LogP contribution is 2.30. The van der Waals surface area contributed by atoms with Crippen LogP contribution in [-0.4, -0.2) is 11.5 Å². The molecule has 0 aliphatic carbocycles. The molecule has 2 heterocycles. The third kappa shape index (κ3) is 1.45. The molecule has 0 radical (unpaired) electrons. The highest BCUT2D eigenvalue weighted by Gasteiger charge is 2.20. The van der Waals surface area contributed by atoms with Crippen LogP contribution in [0.15, 0.2) is 18.2 Å². The van der Waals surface area contributed by atoms with Crippen LogP contribution in [0.25, 0.3) is 10.9 Å². The summed E-state index contributed by atoms with van der Waals surface area (Å²) in [6.07, 6.45) is 2.55. The second-order valence-electron chi connectivity index (χ2n) is 4.86. The van der Waals surface area contributed by atoms with Gasteiger partial charge in [-0.15, -0.1) is 0 Å². The summed E-state index contributed by atoms with van der Waals surface area (Å²) in [5.74, 6) is 0. The summed E-state index contributed by atoms with van der Waals surface area (Å²) in [6.45, 7) is 5.52. The highest BCUT2D eigenvalue weighted by atomic mass is 15.0. The van der Waals surface area contributed by atoms with Gasteiger partial charge in [0.05, 0.1) is 0 Å². The zero-order valence-electron chi connectivity index (χ0n) is 9.93. The largest absolute Gasteiger partial charge is 0.357 e. The summed E-state index contributed by atoms with van der Waals surface area (Å²) in [6, 6.07) is 7.19. The van der Waals surface area contributed by atoms with Gasteiger partial charge in [-0.25, -0.2) is 0 Å². The molecular formula is C14H18N2. The van der Waals surface area contributed by atoms with E-state index < -0.39 is 0 Å². The SMILES string of the molecule is Cc1ccc2c(C)c(C3CCCN3)[nH]c2c1. The molecule has 0 saturated carbocycles. The number of benzene rings is 1. The predicted octanol–water partition coefficient (Wildman–Crippen LogP) is 3.21. The van der Waals surface area contributed by atoms with Crippen LogP contribution < -0.4 is 5.32 Å². The standard InChI is InChI=1S/C14H18N2/c1-9-5-6-11-10(2)14(16-13(11)8-9)12-4-3-7-15-12/h5-6,8,12,15-16H,3-4,7H2,1-2H3. The Morgan fingerprint density at radius 1 is 1.25 bits per heavy atom. The number of fused-ring (bicyclic) bond motifs is 1. The Bertz CT molecular complexity index is 519. The van der Waals surface area contributed by atoms with E-state index in [-0.39, 0.29) is 0 Å². The Morgan fingerprint density at radius 3 is 2.88 bits per heavy atom. The van der Waals surface area contributed by atoms with Crippen molar-refractivity contribution in [3.63, 3.8) is 0 Å². The number of hydrogen-bond donors (Lipinski definition) is 2. The normalized spacial score (nSPS) is 20.8. The molecule has 1 aliphatic rings. The van der Waals surface area contributed by atoms with Crippen molar-refractivity contribution < 1.29 is 0 Å². The van der Waals surface area contributed by atoms with E-state index in [0.717, 1.165) is 6.54 Å². The van der Waals surface area contributed by atoms with Crippen LogP contribution in [0, 0.1) is 13.8 Å². The molecule has 1 atom stereocenters. The van der Waals surface area contributed by atoms with Gasteiger partial charge in [0.15, 0.2) is 0 Å². The maximum atomic E-state index is 3.58. The Hall–Kier alpha value is -1.28. The number of aryl methyl sites for hydroxylation is 2. The minimum Gasteiger partial charge on any atom is -0.357 e. The molecule has 1 saturated heterocycles. The van der Waals surface area contributed by atoms with Crippen molar-refractivity contribution in [3.05, 3.63) is 35.0 Å². The van der Waals surface area contributed by atoms with E-state index >= 15 is 0 Å². The van der Waals surface area contributed by atoms with Crippen LogP contribution in [0.2, 0.25) is 0 Å². The van der Waals surface area contributed by atoms with Gasteiger partial charge in [-0.2, -0.15) is 0 Å². The van der Waals surface area contributed by atoms with Crippen molar-refractivity contribution in [3.8, 4) is 0 Å². The summed E-state index contributed by atoms with van der Waals surface area (Å²) in [7, 11) is 0. The summed E-state index contributed by atoms with van der Waals surface area (Å²) in [4.78, 5) is 3.58. The lowest BCUT2D eigenvalue weighted by atomic mass is 10.1. The maximum Gasteiger partial charge on any atom is 0.0476 e. The Morgan fingerprint density at radius 2 is 2.12 bits per heavy atom. The van der Waals surface area contributed by atoms with E-state index in [1.807, 2.05) is 0 Å². The number of rotatable bonds is 1. The Labute approximate surface area is 96.1 Å². The van der Waals surface area contributed by atoms with Gasteiger partial charge >= 0.3 is 0 Å². The minimum absolute atomic E-state index is 0.535. The summed E-state index contributed by atoms with van der Waals surface area (Å²) >= 11 is 0. The first kappa shape index (κ1) is 9.91. The van der Waals surface area contributed by atoms with E-state index in [1.165, 1.54) is 40.6 Å². The third-order valence-corrected chi connectivity index (χ3v) is 3.66. The van der Waals surface area contributed by atoms with Crippen molar-refractivity contribution >= 4 is 10.9 Å². The van der Waals surface area contributed by atoms with Gasteiger partial charge in [-0.05, 0) is 50.4 Å². The molecule has 2 heteroatoms. The number of aromatic amines is 1. The predicted molar refractivity (Wildman–Crippen MR) is 67.8 cm³/mol. The van der Waals surface area contributed by atoms with E-state index in [9.17, 15) is 0 Å². The van der Waals surface area contributed by atoms with Crippen LogP contribution in [0.4, 0.5) is 0 Å². The summed E-state index contributed by atoms with van der Waals surface area (Å²) in [5.41, 5.74) is 5.40. The number of hydrogen-bond acceptors (Lipinski definition) is 1. The first-order valence-electron chi connectivity index (χ1n) is 6.08. The van der Waals surface area contributed by atoms with Gasteiger partial charge < -0.3 is 10.3 Å². The molecule has 2 N–H and O–H groups in total. The van der Waals surface area contributed by atoms with E-state index in [0.29, 0.717) is 6.04 Å². The summed E-state index contributed by atoms with van der Waals surface area (Å²) in [5, 5.41) is 4.93. The highest BCUT2D eigenvalue weighted by molar-refractivity contribution is 5.85. The van der Waals surface area contributed by atoms with Crippen LogP contribution in [0.3, 0.4) is 0 Å². The van der Waals surface area contributed by atoms with Crippen LogP contribution in [0.1, 0.15) is 35.7 Å². The first-order chi connectivity index (χ1) is 7.75. The van der Waals surface area contributed by atoms with Crippen LogP contribution in [-0.2, 0) is 0 Å². The van der Waals surface area contributed by atoms with Crippen LogP contribution >= 0.6 is 0 Å². The molecule has 3 rings (SSSR count). The molecule has 0 bridgehead atoms. The summed E-state index contributed by atoms with van der Waals surface area (Å²) < 4.78 is 0. The first-order valence-corrected chi connectivity index (χ1v) is 6.08. The molecule has 1 aromatic heterocycles. The number of H-pyrrole nitrogens is 1. The van der Waals surface area contributed by atoms with Crippen molar-refractivity contribution in [2.24, 2.45) is 0 Å². The van der Waals surface area contributed by atoms with Gasteiger partial charge in [0.25, 0.3) is 0 Å². The molecule has 1 aliphatic heterocycles. The lowest BCUT2D eigenvalue weighted by Gasteiger charge is -2.09. The van der Waals surface area contributed by atoms with Crippen molar-refractivity contribution in [1.82, 2.24) is 10.3 Å². The Kier molecular flexibility index (Phi) is 2.25. The van der Waals surface area contributed by atoms with Crippen molar-refractivity contribution in [2.45, 2.75) is 32.7 Å². The van der Waals surface area contributed by atoms with Gasteiger partial charge in [-0.1, -0.05) is 12.1 Å². The smallest absolute Gasteiger partial charge is 0.0476 e. The maximum absolute atomic E-state index is 3.58. The number of nitrogens with one attached hydrogen (secondary N) is 2.